The van der Waals surface area contributed by atoms with Gasteiger partial charge < -0.3 is 9.88 Å². The van der Waals surface area contributed by atoms with Crippen molar-refractivity contribution >= 4 is 40.1 Å². The smallest absolute Gasteiger partial charge is 0.243 e. The van der Waals surface area contributed by atoms with Crippen LogP contribution in [0.5, 0.6) is 0 Å². The van der Waals surface area contributed by atoms with E-state index >= 15 is 0 Å². The van der Waals surface area contributed by atoms with E-state index in [1.54, 1.807) is 18.3 Å². The molecule has 2 aromatic heterocycles. The van der Waals surface area contributed by atoms with Crippen LogP contribution in [0.3, 0.4) is 0 Å². The number of nitrogens with zero attached hydrogens (tertiary/aromatic N) is 3. The lowest BCUT2D eigenvalue weighted by Crippen LogP contribution is -2.34. The molecule has 4 aromatic rings. The van der Waals surface area contributed by atoms with Gasteiger partial charge in [0, 0.05) is 31.3 Å². The number of hydrogen-bond donors (Lipinski definition) is 1. The lowest BCUT2D eigenvalue weighted by atomic mass is 10.1. The molecule has 4 rings (SSSR count). The van der Waals surface area contributed by atoms with E-state index in [0.717, 1.165) is 28.1 Å². The number of fused-ring (bicyclic) bond motifs is 1. The number of aromatic nitrogens is 3. The number of imidazole rings is 1. The Morgan fingerprint density at radius 2 is 1.81 bits per heavy atom. The van der Waals surface area contributed by atoms with Gasteiger partial charge in [0.15, 0.2) is 0 Å². The van der Waals surface area contributed by atoms with Crippen molar-refractivity contribution in [3.8, 4) is 0 Å². The van der Waals surface area contributed by atoms with Crippen molar-refractivity contribution in [1.82, 2.24) is 19.9 Å². The highest BCUT2D eigenvalue weighted by molar-refractivity contribution is 6.42. The zero-order valence-electron chi connectivity index (χ0n) is 17.8. The van der Waals surface area contributed by atoms with Crippen LogP contribution in [-0.2, 0) is 17.6 Å². The summed E-state index contributed by atoms with van der Waals surface area (Å²) < 4.78 is 2.00. The second kappa shape index (κ2) is 10.2. The molecule has 0 aliphatic heterocycles. The number of pyridine rings is 1. The summed E-state index contributed by atoms with van der Waals surface area (Å²) in [5.41, 5.74) is 3.59. The van der Waals surface area contributed by atoms with Crippen LogP contribution in [0.2, 0.25) is 10.0 Å². The summed E-state index contributed by atoms with van der Waals surface area (Å²) in [6, 6.07) is 19.0. The molecule has 0 saturated carbocycles. The molecule has 0 radical (unpaired) electrons. The first-order valence-corrected chi connectivity index (χ1v) is 11.4. The minimum absolute atomic E-state index is 0.0527. The van der Waals surface area contributed by atoms with Crippen LogP contribution in [0.4, 0.5) is 0 Å². The highest BCUT2D eigenvalue weighted by atomic mass is 35.5. The van der Waals surface area contributed by atoms with E-state index in [0.29, 0.717) is 35.9 Å². The summed E-state index contributed by atoms with van der Waals surface area (Å²) in [4.78, 5) is 22.4. The molecule has 0 aliphatic rings. The third-order valence-electron chi connectivity index (χ3n) is 5.42. The maximum Gasteiger partial charge on any atom is 0.243 e. The van der Waals surface area contributed by atoms with Gasteiger partial charge in [0.2, 0.25) is 5.91 Å². The van der Waals surface area contributed by atoms with Crippen LogP contribution in [0.25, 0.3) is 11.0 Å². The van der Waals surface area contributed by atoms with Crippen molar-refractivity contribution in [3.05, 3.63) is 94.0 Å². The first kappa shape index (κ1) is 22.3. The van der Waals surface area contributed by atoms with Crippen LogP contribution in [-0.4, -0.2) is 27.0 Å². The summed E-state index contributed by atoms with van der Waals surface area (Å²) in [5, 5.41) is 3.95. The molecule has 1 atom stereocenters. The minimum atomic E-state index is -0.417. The number of carbonyl (C=O) groups excluding carboxylic acids is 1. The Morgan fingerprint density at radius 3 is 2.53 bits per heavy atom. The van der Waals surface area contributed by atoms with E-state index in [2.05, 4.69) is 22.4 Å². The number of hydrogen-bond acceptors (Lipinski definition) is 3. The van der Waals surface area contributed by atoms with Gasteiger partial charge in [0.05, 0.1) is 21.1 Å². The Bertz CT molecular complexity index is 1210. The molecular weight excluding hydrogens is 443 g/mol. The standard InChI is InChI=1S/C25H24Cl2N4O/c1-2-22(25(32)29-13-11-18-10-6-7-12-28-18)31-23-16-20(27)19(26)15-21(23)30-24(31)14-17-8-4-3-5-9-17/h3-10,12,15-16,22H,2,11,13-14H2,1H3,(H,29,32)/t22-/m0/s1. The molecule has 2 heterocycles. The lowest BCUT2D eigenvalue weighted by Gasteiger charge is -2.20. The predicted octanol–water partition coefficient (Wildman–Crippen LogP) is 5.64. The quantitative estimate of drug-likeness (QED) is 0.365. The van der Waals surface area contributed by atoms with Gasteiger partial charge in [0.25, 0.3) is 0 Å². The Kier molecular flexibility index (Phi) is 7.08. The second-order valence-electron chi connectivity index (χ2n) is 7.60. The fourth-order valence-corrected chi connectivity index (χ4v) is 4.17. The molecule has 7 heteroatoms. The Morgan fingerprint density at radius 1 is 1.06 bits per heavy atom. The minimum Gasteiger partial charge on any atom is -0.354 e. The zero-order chi connectivity index (χ0) is 22.5. The monoisotopic (exact) mass is 466 g/mol. The lowest BCUT2D eigenvalue weighted by molar-refractivity contribution is -0.124. The maximum absolute atomic E-state index is 13.2. The van der Waals surface area contributed by atoms with Gasteiger partial charge in [0.1, 0.15) is 11.9 Å². The van der Waals surface area contributed by atoms with E-state index in [1.807, 2.05) is 47.9 Å². The van der Waals surface area contributed by atoms with E-state index in [9.17, 15) is 4.79 Å². The van der Waals surface area contributed by atoms with Crippen molar-refractivity contribution in [1.29, 1.82) is 0 Å². The molecule has 5 nitrogen and oxygen atoms in total. The van der Waals surface area contributed by atoms with Crippen LogP contribution in [0, 0.1) is 0 Å². The highest BCUT2D eigenvalue weighted by Crippen LogP contribution is 2.31. The van der Waals surface area contributed by atoms with Gasteiger partial charge in [-0.2, -0.15) is 0 Å². The largest absolute Gasteiger partial charge is 0.354 e. The fourth-order valence-electron chi connectivity index (χ4n) is 3.85. The number of benzene rings is 2. The highest BCUT2D eigenvalue weighted by Gasteiger charge is 2.25. The Hall–Kier alpha value is -2.89. The molecule has 164 valence electrons. The van der Waals surface area contributed by atoms with Gasteiger partial charge >= 0.3 is 0 Å². The maximum atomic E-state index is 13.2. The number of carbonyl (C=O) groups is 1. The van der Waals surface area contributed by atoms with Gasteiger partial charge in [-0.1, -0.05) is 66.5 Å². The summed E-state index contributed by atoms with van der Waals surface area (Å²) in [7, 11) is 0. The van der Waals surface area contributed by atoms with Crippen LogP contribution in [0.15, 0.2) is 66.9 Å². The summed E-state index contributed by atoms with van der Waals surface area (Å²) in [5.74, 6) is 0.749. The van der Waals surface area contributed by atoms with Gasteiger partial charge in [-0.15, -0.1) is 0 Å². The SMILES string of the molecule is CC[C@@H](C(=O)NCCc1ccccn1)n1c(Cc2ccccc2)nc2cc(Cl)c(Cl)cc21. The van der Waals surface area contributed by atoms with E-state index in [4.69, 9.17) is 28.2 Å². The first-order valence-electron chi connectivity index (χ1n) is 10.6. The average Bonchev–Trinajstić information content (AvgIpc) is 3.12. The summed E-state index contributed by atoms with van der Waals surface area (Å²) in [6.45, 7) is 2.51. The average molecular weight is 467 g/mol. The van der Waals surface area contributed by atoms with Crippen molar-refractivity contribution in [2.24, 2.45) is 0 Å². The van der Waals surface area contributed by atoms with E-state index < -0.39 is 6.04 Å². The third kappa shape index (κ3) is 4.95. The zero-order valence-corrected chi connectivity index (χ0v) is 19.3. The van der Waals surface area contributed by atoms with Gasteiger partial charge in [-0.3, -0.25) is 9.78 Å². The molecule has 0 bridgehead atoms. The van der Waals surface area contributed by atoms with E-state index in [1.165, 1.54) is 0 Å². The number of halogens is 2. The van der Waals surface area contributed by atoms with Crippen LogP contribution < -0.4 is 5.32 Å². The fraction of sp³-hybridized carbons (Fsp3) is 0.240. The van der Waals surface area contributed by atoms with Gasteiger partial charge in [-0.05, 0) is 36.2 Å². The van der Waals surface area contributed by atoms with Crippen LogP contribution >= 0.6 is 23.2 Å². The van der Waals surface area contributed by atoms with E-state index in [-0.39, 0.29) is 5.91 Å². The molecule has 0 spiro atoms. The molecule has 2 aromatic carbocycles. The Labute approximate surface area is 197 Å². The number of rotatable bonds is 8. The molecule has 0 saturated heterocycles. The molecular formula is C25H24Cl2N4O. The molecule has 32 heavy (non-hydrogen) atoms. The van der Waals surface area contributed by atoms with Crippen molar-refractivity contribution in [3.63, 3.8) is 0 Å². The summed E-state index contributed by atoms with van der Waals surface area (Å²) in [6.07, 6.45) is 3.64. The van der Waals surface area contributed by atoms with Crippen molar-refractivity contribution in [2.75, 3.05) is 6.54 Å². The van der Waals surface area contributed by atoms with Crippen LogP contribution in [0.1, 0.15) is 36.5 Å². The van der Waals surface area contributed by atoms with Crippen molar-refractivity contribution < 1.29 is 4.79 Å². The topological polar surface area (TPSA) is 59.8 Å². The molecule has 1 amide bonds. The summed E-state index contributed by atoms with van der Waals surface area (Å²) >= 11 is 12.6. The molecule has 0 fully saturated rings. The third-order valence-corrected chi connectivity index (χ3v) is 6.14. The first-order chi connectivity index (χ1) is 15.6. The normalized spacial score (nSPS) is 12.1. The predicted molar refractivity (Wildman–Crippen MR) is 129 cm³/mol. The second-order valence-corrected chi connectivity index (χ2v) is 8.42. The Balaban J connectivity index is 1.65. The van der Waals surface area contributed by atoms with Gasteiger partial charge in [-0.25, -0.2) is 4.98 Å². The number of nitrogens with one attached hydrogen (secondary N) is 1. The molecule has 0 aliphatic carbocycles. The van der Waals surface area contributed by atoms with Crippen molar-refractivity contribution in [2.45, 2.75) is 32.2 Å². The number of amides is 1. The molecule has 0 unspecified atom stereocenters. The molecule has 1 N–H and O–H groups in total.